The standard InChI is InChI=1S/C25H24N6O4S/c1-3-15-10-16(27-19-12-21(32)23(19)33)11-18(15)24-29-28-22-13-26-25-20(31(22)24)8-9-30(25)36(34,35)17-6-4-14(2)5-7-17/h4-9,12-13,15-16,18,27H,3,10-11H2,1-2H3/t15-,16+,18+/m1/s1. The van der Waals surface area contributed by atoms with Crippen LogP contribution >= 0.6 is 0 Å². The second-order valence-electron chi connectivity index (χ2n) is 9.49. The zero-order valence-electron chi connectivity index (χ0n) is 19.7. The number of benzene rings is 1. The van der Waals surface area contributed by atoms with E-state index in [1.807, 2.05) is 11.3 Å². The van der Waals surface area contributed by atoms with Gasteiger partial charge >= 0.3 is 0 Å². The smallest absolute Gasteiger partial charge is 0.269 e. The van der Waals surface area contributed by atoms with Crippen LogP contribution in [0.1, 0.15) is 43.5 Å². The molecule has 0 amide bonds. The van der Waals surface area contributed by atoms with Crippen molar-refractivity contribution in [2.45, 2.75) is 50.0 Å². The maximum atomic E-state index is 13.4. The molecule has 1 aliphatic carbocycles. The van der Waals surface area contributed by atoms with Crippen LogP contribution in [0.25, 0.3) is 16.8 Å². The summed E-state index contributed by atoms with van der Waals surface area (Å²) < 4.78 is 29.8. The summed E-state index contributed by atoms with van der Waals surface area (Å²) in [5.41, 5.74) is 1.85. The van der Waals surface area contributed by atoms with Gasteiger partial charge in [-0.15, -0.1) is 10.2 Å². The highest BCUT2D eigenvalue weighted by molar-refractivity contribution is 7.90. The molecule has 6 rings (SSSR count). The van der Waals surface area contributed by atoms with E-state index in [9.17, 15) is 18.0 Å². The SMILES string of the molecule is CC[C@@H]1C[C@H](Nc2cc(=O)c2=O)C[C@@H]1c1nnc2cnc3c(ccn3S(=O)(=O)c3ccc(C)cc3)n12. The van der Waals surface area contributed by atoms with E-state index in [0.29, 0.717) is 28.9 Å². The third-order valence-electron chi connectivity index (χ3n) is 7.29. The first-order chi connectivity index (χ1) is 17.3. The van der Waals surface area contributed by atoms with Gasteiger partial charge < -0.3 is 5.32 Å². The minimum absolute atomic E-state index is 0.0273. The van der Waals surface area contributed by atoms with Crippen LogP contribution < -0.4 is 16.2 Å². The third-order valence-corrected chi connectivity index (χ3v) is 8.97. The highest BCUT2D eigenvalue weighted by Crippen LogP contribution is 2.42. The van der Waals surface area contributed by atoms with Gasteiger partial charge in [-0.25, -0.2) is 17.4 Å². The molecule has 184 valence electrons. The van der Waals surface area contributed by atoms with Crippen LogP contribution in [0.15, 0.2) is 63.3 Å². The lowest BCUT2D eigenvalue weighted by Gasteiger charge is -2.16. The predicted molar refractivity (Wildman–Crippen MR) is 135 cm³/mol. The normalized spacial score (nSPS) is 20.6. The lowest BCUT2D eigenvalue weighted by Crippen LogP contribution is -2.35. The van der Waals surface area contributed by atoms with Crippen molar-refractivity contribution in [3.05, 3.63) is 80.6 Å². The van der Waals surface area contributed by atoms with Gasteiger partial charge in [-0.2, -0.15) is 0 Å². The number of fused-ring (bicyclic) bond motifs is 3. The van der Waals surface area contributed by atoms with Gasteiger partial charge in [0.05, 0.1) is 22.3 Å². The van der Waals surface area contributed by atoms with E-state index in [0.717, 1.165) is 24.2 Å². The summed E-state index contributed by atoms with van der Waals surface area (Å²) in [6, 6.07) is 9.80. The van der Waals surface area contributed by atoms with Crippen LogP contribution in [0.4, 0.5) is 5.69 Å². The molecule has 10 nitrogen and oxygen atoms in total. The molecule has 1 aliphatic rings. The summed E-state index contributed by atoms with van der Waals surface area (Å²) in [7, 11) is -3.84. The molecule has 0 saturated heterocycles. The molecule has 0 aliphatic heterocycles. The van der Waals surface area contributed by atoms with E-state index in [-0.39, 0.29) is 22.8 Å². The molecule has 3 atom stereocenters. The van der Waals surface area contributed by atoms with Crippen LogP contribution in [0.5, 0.6) is 0 Å². The molecule has 1 saturated carbocycles. The predicted octanol–water partition coefficient (Wildman–Crippen LogP) is 2.60. The highest BCUT2D eigenvalue weighted by atomic mass is 32.2. The first kappa shape index (κ1) is 22.6. The minimum Gasteiger partial charge on any atom is -0.379 e. The number of hydrogen-bond acceptors (Lipinski definition) is 8. The van der Waals surface area contributed by atoms with E-state index < -0.39 is 20.9 Å². The molecule has 1 N–H and O–H groups in total. The monoisotopic (exact) mass is 504 g/mol. The summed E-state index contributed by atoms with van der Waals surface area (Å²) in [6.07, 6.45) is 5.49. The van der Waals surface area contributed by atoms with Crippen molar-refractivity contribution in [3.63, 3.8) is 0 Å². The summed E-state index contributed by atoms with van der Waals surface area (Å²) in [4.78, 5) is 27.7. The Bertz CT molecular complexity index is 1790. The lowest BCUT2D eigenvalue weighted by atomic mass is 9.93. The Labute approximate surface area is 206 Å². The van der Waals surface area contributed by atoms with Gasteiger partial charge in [-0.3, -0.25) is 14.0 Å². The average molecular weight is 505 g/mol. The Morgan fingerprint density at radius 1 is 1.08 bits per heavy atom. The maximum absolute atomic E-state index is 13.4. The van der Waals surface area contributed by atoms with Crippen molar-refractivity contribution < 1.29 is 8.42 Å². The fourth-order valence-corrected chi connectivity index (χ4v) is 6.66. The van der Waals surface area contributed by atoms with Crippen molar-refractivity contribution in [3.8, 4) is 0 Å². The van der Waals surface area contributed by atoms with Gasteiger partial charge in [0.15, 0.2) is 11.3 Å². The molecule has 5 aromatic rings. The first-order valence-electron chi connectivity index (χ1n) is 11.9. The number of anilines is 1. The Morgan fingerprint density at radius 2 is 1.86 bits per heavy atom. The van der Waals surface area contributed by atoms with Crippen LogP contribution in [-0.2, 0) is 10.0 Å². The summed E-state index contributed by atoms with van der Waals surface area (Å²) in [5.74, 6) is 1.06. The second-order valence-corrected chi connectivity index (χ2v) is 11.3. The Kier molecular flexibility index (Phi) is 5.08. The van der Waals surface area contributed by atoms with Gasteiger partial charge in [0, 0.05) is 24.2 Å². The largest absolute Gasteiger partial charge is 0.379 e. The number of nitrogens with zero attached hydrogens (tertiary/aromatic N) is 5. The Balaban J connectivity index is 1.41. The van der Waals surface area contributed by atoms with Gasteiger partial charge in [-0.05, 0) is 43.9 Å². The minimum atomic E-state index is -3.84. The number of hydrogen-bond donors (Lipinski definition) is 1. The van der Waals surface area contributed by atoms with Crippen LogP contribution in [0.2, 0.25) is 0 Å². The Hall–Kier alpha value is -3.86. The molecule has 0 unspecified atom stereocenters. The molecular weight excluding hydrogens is 480 g/mol. The number of aryl methyl sites for hydroxylation is 1. The number of nitrogens with one attached hydrogen (secondary N) is 1. The van der Waals surface area contributed by atoms with Gasteiger partial charge in [0.2, 0.25) is 10.9 Å². The molecule has 0 radical (unpaired) electrons. The summed E-state index contributed by atoms with van der Waals surface area (Å²) in [6.45, 7) is 4.02. The molecule has 0 bridgehead atoms. The average Bonchev–Trinajstić information content (AvgIpc) is 3.59. The van der Waals surface area contributed by atoms with Crippen molar-refractivity contribution in [1.29, 1.82) is 0 Å². The molecule has 1 fully saturated rings. The van der Waals surface area contributed by atoms with Crippen molar-refractivity contribution >= 4 is 32.5 Å². The molecule has 36 heavy (non-hydrogen) atoms. The van der Waals surface area contributed by atoms with Crippen LogP contribution in [0.3, 0.4) is 0 Å². The lowest BCUT2D eigenvalue weighted by molar-refractivity contribution is 0.451. The molecule has 0 spiro atoms. The fourth-order valence-electron chi connectivity index (χ4n) is 5.36. The van der Waals surface area contributed by atoms with E-state index in [1.165, 1.54) is 22.4 Å². The van der Waals surface area contributed by atoms with E-state index >= 15 is 0 Å². The quantitative estimate of drug-likeness (QED) is 0.350. The van der Waals surface area contributed by atoms with Crippen LogP contribution in [0, 0.1) is 12.8 Å². The molecule has 2 aromatic carbocycles. The van der Waals surface area contributed by atoms with Crippen LogP contribution in [-0.4, -0.2) is 38.0 Å². The zero-order valence-corrected chi connectivity index (χ0v) is 20.6. The summed E-state index contributed by atoms with van der Waals surface area (Å²) >= 11 is 0. The third kappa shape index (κ3) is 3.37. The Morgan fingerprint density at radius 3 is 2.56 bits per heavy atom. The van der Waals surface area contributed by atoms with Gasteiger partial charge in [0.25, 0.3) is 10.0 Å². The van der Waals surface area contributed by atoms with E-state index in [2.05, 4.69) is 27.4 Å². The molecular formula is C25H24N6O4S. The van der Waals surface area contributed by atoms with Crippen molar-refractivity contribution in [2.24, 2.45) is 5.92 Å². The number of rotatable bonds is 6. The second kappa shape index (κ2) is 8.09. The summed E-state index contributed by atoms with van der Waals surface area (Å²) in [5, 5.41) is 12.0. The zero-order chi connectivity index (χ0) is 25.2. The van der Waals surface area contributed by atoms with Gasteiger partial charge in [0.1, 0.15) is 5.82 Å². The molecule has 3 heterocycles. The topological polar surface area (TPSA) is 128 Å². The fraction of sp³-hybridized carbons (Fsp3) is 0.320. The highest BCUT2D eigenvalue weighted by Gasteiger charge is 2.38. The maximum Gasteiger partial charge on any atom is 0.269 e. The van der Waals surface area contributed by atoms with Gasteiger partial charge in [-0.1, -0.05) is 31.0 Å². The van der Waals surface area contributed by atoms with E-state index in [1.54, 1.807) is 30.3 Å². The number of aromatic nitrogens is 5. The van der Waals surface area contributed by atoms with Crippen molar-refractivity contribution in [1.82, 2.24) is 23.6 Å². The van der Waals surface area contributed by atoms with E-state index in [4.69, 9.17) is 0 Å². The molecule has 3 aromatic heterocycles. The first-order valence-corrected chi connectivity index (χ1v) is 13.3. The molecule has 11 heteroatoms. The van der Waals surface area contributed by atoms with Crippen molar-refractivity contribution in [2.75, 3.05) is 5.32 Å².